The third kappa shape index (κ3) is 4.49. The van der Waals surface area contributed by atoms with Crippen LogP contribution in [0.5, 0.6) is 0 Å². The van der Waals surface area contributed by atoms with E-state index in [0.717, 1.165) is 37.2 Å². The fourth-order valence-electron chi connectivity index (χ4n) is 3.20. The number of anilines is 1. The first-order valence-electron chi connectivity index (χ1n) is 8.81. The van der Waals surface area contributed by atoms with Gasteiger partial charge in [0.25, 0.3) is 0 Å². The summed E-state index contributed by atoms with van der Waals surface area (Å²) < 4.78 is 5.11. The molecule has 0 aromatic heterocycles. The summed E-state index contributed by atoms with van der Waals surface area (Å²) in [6, 6.07) is 8.10. The molecule has 2 rings (SSSR count). The Morgan fingerprint density at radius 1 is 1.29 bits per heavy atom. The van der Waals surface area contributed by atoms with Gasteiger partial charge in [-0.05, 0) is 45.2 Å². The van der Waals surface area contributed by atoms with Crippen molar-refractivity contribution in [1.82, 2.24) is 4.90 Å². The van der Waals surface area contributed by atoms with Crippen LogP contribution in [0.3, 0.4) is 0 Å². The quantitative estimate of drug-likeness (QED) is 0.752. The van der Waals surface area contributed by atoms with Gasteiger partial charge in [0.05, 0.1) is 19.1 Å². The Bertz CT molecular complexity index is 573. The van der Waals surface area contributed by atoms with Crippen LogP contribution in [0.25, 0.3) is 0 Å². The van der Waals surface area contributed by atoms with Crippen molar-refractivity contribution in [1.29, 1.82) is 0 Å². The molecule has 1 fully saturated rings. The highest BCUT2D eigenvalue weighted by atomic mass is 16.5. The number of amides is 1. The zero-order valence-electron chi connectivity index (χ0n) is 15.0. The van der Waals surface area contributed by atoms with E-state index in [4.69, 9.17) is 4.74 Å². The normalized spacial score (nSPS) is 17.5. The molecule has 1 aliphatic rings. The Hall–Kier alpha value is -2.04. The largest absolute Gasteiger partial charge is 0.466 e. The fraction of sp³-hybridized carbons (Fsp3) is 0.579. The number of aryl methyl sites for hydroxylation is 1. The summed E-state index contributed by atoms with van der Waals surface area (Å²) in [6.07, 6.45) is 1.66. The molecule has 5 nitrogen and oxygen atoms in total. The number of esters is 1. The van der Waals surface area contributed by atoms with Crippen LogP contribution in [0.1, 0.15) is 32.3 Å². The van der Waals surface area contributed by atoms with Gasteiger partial charge in [-0.15, -0.1) is 0 Å². The number of carbonyl (C=O) groups is 2. The standard InChI is InChI=1S/C19H28N2O3/c1-4-20(17-11-7-6-9-15(17)3)14-18(22)21-12-8-10-16(13-21)19(23)24-5-2/h6-7,9,11,16H,4-5,8,10,12-14H2,1-3H3. The highest BCUT2D eigenvalue weighted by Crippen LogP contribution is 2.21. The van der Waals surface area contributed by atoms with Crippen LogP contribution in [0.15, 0.2) is 24.3 Å². The average molecular weight is 332 g/mol. The van der Waals surface area contributed by atoms with Gasteiger partial charge in [0.15, 0.2) is 0 Å². The molecule has 5 heteroatoms. The molecule has 1 heterocycles. The fourth-order valence-corrected chi connectivity index (χ4v) is 3.20. The maximum Gasteiger partial charge on any atom is 0.310 e. The molecular formula is C19H28N2O3. The van der Waals surface area contributed by atoms with Crippen molar-refractivity contribution in [3.05, 3.63) is 29.8 Å². The molecule has 1 atom stereocenters. The van der Waals surface area contributed by atoms with Gasteiger partial charge >= 0.3 is 5.97 Å². The minimum absolute atomic E-state index is 0.0779. The molecule has 0 aliphatic carbocycles. The molecule has 24 heavy (non-hydrogen) atoms. The van der Waals surface area contributed by atoms with Crippen molar-refractivity contribution in [2.75, 3.05) is 37.7 Å². The number of benzene rings is 1. The second-order valence-electron chi connectivity index (χ2n) is 6.23. The molecule has 1 amide bonds. The lowest BCUT2D eigenvalue weighted by Crippen LogP contribution is -2.47. The van der Waals surface area contributed by atoms with Crippen LogP contribution < -0.4 is 4.90 Å². The SMILES string of the molecule is CCOC(=O)C1CCCN(C(=O)CN(CC)c2ccccc2C)C1. The van der Waals surface area contributed by atoms with E-state index < -0.39 is 0 Å². The Balaban J connectivity index is 2.00. The summed E-state index contributed by atoms with van der Waals surface area (Å²) in [7, 11) is 0. The molecule has 1 unspecified atom stereocenters. The van der Waals surface area contributed by atoms with Crippen molar-refractivity contribution in [3.63, 3.8) is 0 Å². The predicted octanol–water partition coefficient (Wildman–Crippen LogP) is 2.62. The molecule has 132 valence electrons. The monoisotopic (exact) mass is 332 g/mol. The van der Waals surface area contributed by atoms with Gasteiger partial charge in [-0.2, -0.15) is 0 Å². The molecule has 1 aromatic rings. The third-order valence-electron chi connectivity index (χ3n) is 4.56. The van der Waals surface area contributed by atoms with Crippen LogP contribution in [0, 0.1) is 12.8 Å². The number of likely N-dealkylation sites (tertiary alicyclic amines) is 1. The van der Waals surface area contributed by atoms with Gasteiger partial charge in [0.1, 0.15) is 0 Å². The topological polar surface area (TPSA) is 49.9 Å². The highest BCUT2D eigenvalue weighted by molar-refractivity contribution is 5.83. The number of piperidine rings is 1. The van der Waals surface area contributed by atoms with Crippen molar-refractivity contribution in [2.45, 2.75) is 33.6 Å². The van der Waals surface area contributed by atoms with Crippen molar-refractivity contribution in [2.24, 2.45) is 5.92 Å². The number of para-hydroxylation sites is 1. The molecule has 0 N–H and O–H groups in total. The lowest BCUT2D eigenvalue weighted by atomic mass is 9.98. The molecule has 0 spiro atoms. The Morgan fingerprint density at radius 2 is 2.04 bits per heavy atom. The second kappa shape index (κ2) is 8.71. The Morgan fingerprint density at radius 3 is 2.71 bits per heavy atom. The van der Waals surface area contributed by atoms with E-state index in [-0.39, 0.29) is 17.8 Å². The zero-order valence-corrected chi connectivity index (χ0v) is 15.0. The average Bonchev–Trinajstić information content (AvgIpc) is 2.60. The lowest BCUT2D eigenvalue weighted by Gasteiger charge is -2.34. The maximum absolute atomic E-state index is 12.7. The predicted molar refractivity (Wildman–Crippen MR) is 95.0 cm³/mol. The first-order valence-corrected chi connectivity index (χ1v) is 8.81. The lowest BCUT2D eigenvalue weighted by molar-refractivity contribution is -0.151. The molecule has 1 saturated heterocycles. The van der Waals surface area contributed by atoms with E-state index in [2.05, 4.69) is 24.8 Å². The van der Waals surface area contributed by atoms with Crippen LogP contribution in [-0.2, 0) is 14.3 Å². The number of hydrogen-bond acceptors (Lipinski definition) is 4. The number of likely N-dealkylation sites (N-methyl/N-ethyl adjacent to an activating group) is 1. The number of rotatable bonds is 6. The van der Waals surface area contributed by atoms with Gasteiger partial charge in [-0.3, -0.25) is 9.59 Å². The van der Waals surface area contributed by atoms with Crippen LogP contribution in [-0.4, -0.2) is 49.6 Å². The van der Waals surface area contributed by atoms with Gasteiger partial charge in [-0.25, -0.2) is 0 Å². The van der Waals surface area contributed by atoms with Crippen molar-refractivity contribution in [3.8, 4) is 0 Å². The summed E-state index contributed by atoms with van der Waals surface area (Å²) >= 11 is 0. The number of ether oxygens (including phenoxy) is 1. The number of hydrogen-bond donors (Lipinski definition) is 0. The third-order valence-corrected chi connectivity index (χ3v) is 4.56. The summed E-state index contributed by atoms with van der Waals surface area (Å²) in [4.78, 5) is 28.6. The Labute approximate surface area is 144 Å². The van der Waals surface area contributed by atoms with E-state index in [1.54, 1.807) is 0 Å². The first-order chi connectivity index (χ1) is 11.6. The van der Waals surface area contributed by atoms with Crippen molar-refractivity contribution >= 4 is 17.6 Å². The van der Waals surface area contributed by atoms with Crippen LogP contribution in [0.2, 0.25) is 0 Å². The first kappa shape index (κ1) is 18.3. The van der Waals surface area contributed by atoms with E-state index in [0.29, 0.717) is 19.7 Å². The van der Waals surface area contributed by atoms with Gasteiger partial charge < -0.3 is 14.5 Å². The van der Waals surface area contributed by atoms with Gasteiger partial charge in [0, 0.05) is 25.3 Å². The van der Waals surface area contributed by atoms with Crippen molar-refractivity contribution < 1.29 is 14.3 Å². The smallest absolute Gasteiger partial charge is 0.310 e. The maximum atomic E-state index is 12.7. The molecule has 1 aromatic carbocycles. The summed E-state index contributed by atoms with van der Waals surface area (Å²) in [5, 5.41) is 0. The minimum Gasteiger partial charge on any atom is -0.466 e. The summed E-state index contributed by atoms with van der Waals surface area (Å²) in [5.74, 6) is -0.286. The molecule has 0 bridgehead atoms. The van der Waals surface area contributed by atoms with E-state index >= 15 is 0 Å². The second-order valence-corrected chi connectivity index (χ2v) is 6.23. The van der Waals surface area contributed by atoms with E-state index in [9.17, 15) is 9.59 Å². The molecule has 0 saturated carbocycles. The zero-order chi connectivity index (χ0) is 17.5. The van der Waals surface area contributed by atoms with E-state index in [1.807, 2.05) is 30.0 Å². The minimum atomic E-state index is -0.184. The molecule has 0 radical (unpaired) electrons. The Kier molecular flexibility index (Phi) is 6.64. The number of nitrogens with zero attached hydrogens (tertiary/aromatic N) is 2. The number of carbonyl (C=O) groups excluding carboxylic acids is 2. The van der Waals surface area contributed by atoms with E-state index in [1.165, 1.54) is 0 Å². The van der Waals surface area contributed by atoms with Crippen LogP contribution >= 0.6 is 0 Å². The van der Waals surface area contributed by atoms with Crippen LogP contribution in [0.4, 0.5) is 5.69 Å². The highest BCUT2D eigenvalue weighted by Gasteiger charge is 2.29. The molecular weight excluding hydrogens is 304 g/mol. The van der Waals surface area contributed by atoms with Gasteiger partial charge in [0.2, 0.25) is 5.91 Å². The molecule has 1 aliphatic heterocycles. The van der Waals surface area contributed by atoms with Gasteiger partial charge in [-0.1, -0.05) is 18.2 Å². The summed E-state index contributed by atoms with van der Waals surface area (Å²) in [5.41, 5.74) is 2.25. The summed E-state index contributed by atoms with van der Waals surface area (Å²) in [6.45, 7) is 8.62.